The van der Waals surface area contributed by atoms with E-state index in [4.69, 9.17) is 4.74 Å². The van der Waals surface area contributed by atoms with E-state index in [1.54, 1.807) is 0 Å². The molecule has 1 aliphatic carbocycles. The van der Waals surface area contributed by atoms with Gasteiger partial charge in [-0.2, -0.15) is 0 Å². The standard InChI is InChI=1S/C12H25NO4S/c1-11(2)4-6-12(14,7-5-11)10-13-18(15,16)9-8-17-3/h13-14H,4-10H2,1-3H3. The highest BCUT2D eigenvalue weighted by Crippen LogP contribution is 2.39. The summed E-state index contributed by atoms with van der Waals surface area (Å²) in [7, 11) is -1.88. The molecule has 0 aromatic heterocycles. The van der Waals surface area contributed by atoms with Crippen molar-refractivity contribution in [3.05, 3.63) is 0 Å². The molecule has 1 saturated carbocycles. The van der Waals surface area contributed by atoms with Gasteiger partial charge in [0.05, 0.1) is 18.0 Å². The van der Waals surface area contributed by atoms with Crippen molar-refractivity contribution in [2.75, 3.05) is 26.0 Å². The minimum atomic E-state index is -3.34. The zero-order valence-electron chi connectivity index (χ0n) is 11.5. The van der Waals surface area contributed by atoms with E-state index in [2.05, 4.69) is 18.6 Å². The SMILES string of the molecule is COCCS(=O)(=O)NCC1(O)CCC(C)(C)CC1. The predicted molar refractivity (Wildman–Crippen MR) is 70.9 cm³/mol. The van der Waals surface area contributed by atoms with E-state index in [9.17, 15) is 13.5 Å². The van der Waals surface area contributed by atoms with Crippen LogP contribution in [0, 0.1) is 5.41 Å². The molecule has 0 atom stereocenters. The molecule has 1 rings (SSSR count). The Morgan fingerprint density at radius 1 is 1.22 bits per heavy atom. The quantitative estimate of drug-likeness (QED) is 0.757. The Morgan fingerprint density at radius 3 is 2.28 bits per heavy atom. The zero-order chi connectivity index (χ0) is 13.9. The lowest BCUT2D eigenvalue weighted by atomic mass is 9.71. The van der Waals surface area contributed by atoms with E-state index >= 15 is 0 Å². The van der Waals surface area contributed by atoms with E-state index in [-0.39, 0.29) is 24.3 Å². The molecule has 0 heterocycles. The summed E-state index contributed by atoms with van der Waals surface area (Å²) in [4.78, 5) is 0. The lowest BCUT2D eigenvalue weighted by Crippen LogP contribution is -2.47. The largest absolute Gasteiger partial charge is 0.389 e. The summed E-state index contributed by atoms with van der Waals surface area (Å²) in [5.41, 5.74) is -0.642. The van der Waals surface area contributed by atoms with Crippen LogP contribution in [0.3, 0.4) is 0 Å². The van der Waals surface area contributed by atoms with Crippen LogP contribution in [0.5, 0.6) is 0 Å². The molecule has 0 amide bonds. The second-order valence-corrected chi connectivity index (χ2v) is 7.95. The number of sulfonamides is 1. The van der Waals surface area contributed by atoms with E-state index in [1.165, 1.54) is 7.11 Å². The minimum Gasteiger partial charge on any atom is -0.389 e. The Morgan fingerprint density at radius 2 is 1.78 bits per heavy atom. The summed E-state index contributed by atoms with van der Waals surface area (Å²) in [5.74, 6) is -0.0644. The van der Waals surface area contributed by atoms with Crippen LogP contribution in [0.15, 0.2) is 0 Å². The molecule has 0 aromatic rings. The molecular formula is C12H25NO4S. The molecule has 0 aromatic carbocycles. The third kappa shape index (κ3) is 5.22. The highest BCUT2D eigenvalue weighted by molar-refractivity contribution is 7.89. The van der Waals surface area contributed by atoms with Crippen molar-refractivity contribution in [2.24, 2.45) is 5.41 Å². The maximum Gasteiger partial charge on any atom is 0.213 e. The first-order valence-electron chi connectivity index (χ1n) is 6.37. The normalized spacial score (nSPS) is 22.9. The van der Waals surface area contributed by atoms with Gasteiger partial charge in [-0.1, -0.05) is 13.8 Å². The summed E-state index contributed by atoms with van der Waals surface area (Å²) >= 11 is 0. The van der Waals surface area contributed by atoms with Gasteiger partial charge < -0.3 is 9.84 Å². The number of methoxy groups -OCH3 is 1. The summed E-state index contributed by atoms with van der Waals surface area (Å²) in [5, 5.41) is 10.3. The van der Waals surface area contributed by atoms with Gasteiger partial charge in [0, 0.05) is 13.7 Å². The molecule has 108 valence electrons. The van der Waals surface area contributed by atoms with Crippen LogP contribution in [0.1, 0.15) is 39.5 Å². The zero-order valence-corrected chi connectivity index (χ0v) is 12.3. The average Bonchev–Trinajstić information content (AvgIpc) is 2.29. The molecule has 0 unspecified atom stereocenters. The number of rotatable bonds is 6. The first kappa shape index (κ1) is 15.9. The summed E-state index contributed by atoms with van der Waals surface area (Å²) in [6, 6.07) is 0. The molecular weight excluding hydrogens is 254 g/mol. The highest BCUT2D eigenvalue weighted by Gasteiger charge is 2.37. The Balaban J connectivity index is 2.43. The molecule has 0 bridgehead atoms. The van der Waals surface area contributed by atoms with Crippen molar-refractivity contribution in [1.82, 2.24) is 4.72 Å². The number of hydrogen-bond donors (Lipinski definition) is 2. The molecule has 18 heavy (non-hydrogen) atoms. The van der Waals surface area contributed by atoms with Crippen molar-refractivity contribution in [3.8, 4) is 0 Å². The fraction of sp³-hybridized carbons (Fsp3) is 1.00. The first-order chi connectivity index (χ1) is 8.18. The van der Waals surface area contributed by atoms with Crippen molar-refractivity contribution >= 4 is 10.0 Å². The highest BCUT2D eigenvalue weighted by atomic mass is 32.2. The monoisotopic (exact) mass is 279 g/mol. The molecule has 1 aliphatic rings. The van der Waals surface area contributed by atoms with Crippen LogP contribution in [0.2, 0.25) is 0 Å². The maximum absolute atomic E-state index is 11.6. The lowest BCUT2D eigenvalue weighted by Gasteiger charge is -2.40. The van der Waals surface area contributed by atoms with E-state index in [1.807, 2.05) is 0 Å². The van der Waals surface area contributed by atoms with Gasteiger partial charge in [0.25, 0.3) is 0 Å². The van der Waals surface area contributed by atoms with Crippen molar-refractivity contribution in [2.45, 2.75) is 45.1 Å². The van der Waals surface area contributed by atoms with Crippen molar-refractivity contribution < 1.29 is 18.3 Å². The summed E-state index contributed by atoms with van der Waals surface area (Å²) in [6.07, 6.45) is 3.13. The van der Waals surface area contributed by atoms with Gasteiger partial charge in [-0.25, -0.2) is 13.1 Å². The van der Waals surface area contributed by atoms with E-state index < -0.39 is 15.6 Å². The van der Waals surface area contributed by atoms with Crippen LogP contribution in [-0.4, -0.2) is 45.1 Å². The number of nitrogens with one attached hydrogen (secondary N) is 1. The van der Waals surface area contributed by atoms with Crippen molar-refractivity contribution in [1.29, 1.82) is 0 Å². The van der Waals surface area contributed by atoms with Crippen LogP contribution >= 0.6 is 0 Å². The third-order valence-corrected chi connectivity index (χ3v) is 5.00. The minimum absolute atomic E-state index is 0.0644. The van der Waals surface area contributed by atoms with Gasteiger partial charge in [0.1, 0.15) is 0 Å². The Kier molecular flexibility index (Phi) is 5.17. The van der Waals surface area contributed by atoms with Crippen LogP contribution < -0.4 is 4.72 Å². The Bertz CT molecular complexity index is 354. The van der Waals surface area contributed by atoms with Crippen LogP contribution in [0.4, 0.5) is 0 Å². The van der Waals surface area contributed by atoms with E-state index in [0.717, 1.165) is 12.8 Å². The lowest BCUT2D eigenvalue weighted by molar-refractivity contribution is -0.0206. The molecule has 5 nitrogen and oxygen atoms in total. The van der Waals surface area contributed by atoms with Gasteiger partial charge in [-0.3, -0.25) is 0 Å². The smallest absolute Gasteiger partial charge is 0.213 e. The van der Waals surface area contributed by atoms with Crippen LogP contribution in [-0.2, 0) is 14.8 Å². The molecule has 0 spiro atoms. The molecule has 0 radical (unpaired) electrons. The molecule has 0 saturated heterocycles. The van der Waals surface area contributed by atoms with Gasteiger partial charge in [0.15, 0.2) is 0 Å². The topological polar surface area (TPSA) is 75.6 Å². The van der Waals surface area contributed by atoms with E-state index in [0.29, 0.717) is 12.8 Å². The fourth-order valence-corrected chi connectivity index (χ4v) is 3.10. The molecule has 0 aliphatic heterocycles. The molecule has 2 N–H and O–H groups in total. The predicted octanol–water partition coefficient (Wildman–Crippen LogP) is 0.883. The van der Waals surface area contributed by atoms with Crippen LogP contribution in [0.25, 0.3) is 0 Å². The Labute approximate surface area is 110 Å². The fourth-order valence-electron chi connectivity index (χ4n) is 2.08. The van der Waals surface area contributed by atoms with Gasteiger partial charge >= 0.3 is 0 Å². The second kappa shape index (κ2) is 5.86. The number of aliphatic hydroxyl groups is 1. The maximum atomic E-state index is 11.6. The summed E-state index contributed by atoms with van der Waals surface area (Å²) in [6.45, 7) is 4.63. The molecule has 1 fully saturated rings. The van der Waals surface area contributed by atoms with Gasteiger partial charge in [0.2, 0.25) is 10.0 Å². The van der Waals surface area contributed by atoms with Gasteiger partial charge in [-0.05, 0) is 31.1 Å². The average molecular weight is 279 g/mol. The Hall–Kier alpha value is -0.170. The molecule has 6 heteroatoms. The number of ether oxygens (including phenoxy) is 1. The number of hydrogen-bond acceptors (Lipinski definition) is 4. The summed E-state index contributed by atoms with van der Waals surface area (Å²) < 4.78 is 30.4. The second-order valence-electron chi connectivity index (χ2n) is 6.02. The van der Waals surface area contributed by atoms with Crippen molar-refractivity contribution in [3.63, 3.8) is 0 Å². The van der Waals surface area contributed by atoms with Gasteiger partial charge in [-0.15, -0.1) is 0 Å². The third-order valence-electron chi connectivity index (χ3n) is 3.71. The first-order valence-corrected chi connectivity index (χ1v) is 8.02.